The van der Waals surface area contributed by atoms with Gasteiger partial charge >= 0.3 is 0 Å². The molecule has 0 bridgehead atoms. The number of likely N-dealkylation sites (tertiary alicyclic amines) is 1. The Balaban J connectivity index is 1.07. The number of carbonyl (C=O) groups is 2. The molecule has 1 N–H and O–H groups in total. The van der Waals surface area contributed by atoms with Crippen LogP contribution in [0.25, 0.3) is 4.96 Å². The quantitative estimate of drug-likeness (QED) is 0.674. The van der Waals surface area contributed by atoms with E-state index in [0.29, 0.717) is 17.8 Å². The Morgan fingerprint density at radius 3 is 2.63 bits per heavy atom. The molecule has 6 rings (SSSR count). The second kappa shape index (κ2) is 6.88. The van der Waals surface area contributed by atoms with E-state index in [9.17, 15) is 9.59 Å². The minimum atomic E-state index is 0.0248. The average Bonchev–Trinajstić information content (AvgIpc) is 3.08. The van der Waals surface area contributed by atoms with Gasteiger partial charge in [-0.05, 0) is 44.4 Å². The van der Waals surface area contributed by atoms with Gasteiger partial charge in [0, 0.05) is 43.6 Å². The van der Waals surface area contributed by atoms with Crippen LogP contribution in [0.1, 0.15) is 61.6 Å². The third kappa shape index (κ3) is 3.15. The van der Waals surface area contributed by atoms with Crippen molar-refractivity contribution in [2.45, 2.75) is 44.6 Å². The van der Waals surface area contributed by atoms with E-state index in [1.165, 1.54) is 24.2 Å². The van der Waals surface area contributed by atoms with Crippen molar-refractivity contribution in [3.8, 4) is 0 Å². The maximum Gasteiger partial charge on any atom is 0.265 e. The Morgan fingerprint density at radius 1 is 1.17 bits per heavy atom. The molecule has 2 atom stereocenters. The van der Waals surface area contributed by atoms with Gasteiger partial charge in [0.25, 0.3) is 11.8 Å². The van der Waals surface area contributed by atoms with Crippen molar-refractivity contribution in [1.29, 1.82) is 0 Å². The molecule has 9 heteroatoms. The lowest BCUT2D eigenvalue weighted by Crippen LogP contribution is -2.35. The molecule has 0 aromatic carbocycles. The Morgan fingerprint density at radius 2 is 1.93 bits per heavy atom. The largest absolute Gasteiger partial charge is 0.349 e. The molecule has 3 aliphatic rings. The zero-order valence-corrected chi connectivity index (χ0v) is 18.3. The molecule has 0 radical (unpaired) electrons. The van der Waals surface area contributed by atoms with E-state index < -0.39 is 0 Å². The normalized spacial score (nSPS) is 25.8. The van der Waals surface area contributed by atoms with E-state index in [1.54, 1.807) is 17.5 Å². The van der Waals surface area contributed by atoms with Gasteiger partial charge in [-0.1, -0.05) is 11.3 Å². The highest BCUT2D eigenvalue weighted by atomic mass is 32.1. The van der Waals surface area contributed by atoms with Crippen LogP contribution >= 0.6 is 22.7 Å². The van der Waals surface area contributed by atoms with Crippen LogP contribution in [0.2, 0.25) is 0 Å². The number of nitrogens with zero attached hydrogens (tertiary/aromatic N) is 4. The van der Waals surface area contributed by atoms with Crippen LogP contribution in [0.5, 0.6) is 0 Å². The van der Waals surface area contributed by atoms with Gasteiger partial charge in [-0.15, -0.1) is 11.3 Å². The number of hydrogen-bond acceptors (Lipinski definition) is 6. The van der Waals surface area contributed by atoms with Gasteiger partial charge in [-0.2, -0.15) is 0 Å². The molecular formula is C21H23N5O2S2. The number of rotatable bonds is 4. The minimum Gasteiger partial charge on any atom is -0.349 e. The number of carbonyl (C=O) groups excluding carboxylic acids is 2. The zero-order chi connectivity index (χ0) is 20.4. The highest BCUT2D eigenvalue weighted by Crippen LogP contribution is 2.43. The highest BCUT2D eigenvalue weighted by Gasteiger charge is 2.43. The van der Waals surface area contributed by atoms with Crippen molar-refractivity contribution in [2.75, 3.05) is 13.1 Å². The molecule has 4 heterocycles. The van der Waals surface area contributed by atoms with Gasteiger partial charge in [-0.3, -0.25) is 14.0 Å². The molecule has 3 aromatic rings. The number of fused-ring (bicyclic) bond motifs is 2. The molecule has 2 aliphatic carbocycles. The van der Waals surface area contributed by atoms with E-state index in [2.05, 4.69) is 15.3 Å². The molecule has 0 spiro atoms. The summed E-state index contributed by atoms with van der Waals surface area (Å²) in [6, 6.07) is 0.195. The van der Waals surface area contributed by atoms with Crippen LogP contribution in [0.4, 0.5) is 0 Å². The lowest BCUT2D eigenvalue weighted by atomic mass is 10.0. The number of imidazole rings is 1. The Bertz CT molecular complexity index is 1100. The fourth-order valence-electron chi connectivity index (χ4n) is 4.95. The van der Waals surface area contributed by atoms with Crippen molar-refractivity contribution < 1.29 is 9.59 Å². The maximum atomic E-state index is 12.9. The van der Waals surface area contributed by atoms with E-state index >= 15 is 0 Å². The van der Waals surface area contributed by atoms with E-state index in [1.807, 2.05) is 28.6 Å². The molecule has 7 nitrogen and oxygen atoms in total. The van der Waals surface area contributed by atoms with Crippen LogP contribution in [-0.2, 0) is 0 Å². The summed E-state index contributed by atoms with van der Waals surface area (Å²) in [5, 5.41) is 4.37. The standard InChI is InChI=1S/C21H23N5O2S2/c1-11-17(30-19(23-11)12-2-3-12)18(27)24-15-6-13-8-26(9-14(13)7-15)20(28)16-10-25-5-4-22-21(25)29-16/h4-5,10,12-15H,2-3,6-9H2,1H3,(H,24,27). The van der Waals surface area contributed by atoms with Crippen LogP contribution in [0, 0.1) is 18.8 Å². The lowest BCUT2D eigenvalue weighted by Gasteiger charge is -2.19. The second-order valence-electron chi connectivity index (χ2n) is 8.83. The predicted molar refractivity (Wildman–Crippen MR) is 115 cm³/mol. The summed E-state index contributed by atoms with van der Waals surface area (Å²) >= 11 is 3.01. The first-order chi connectivity index (χ1) is 14.5. The number of aryl methyl sites for hydroxylation is 1. The minimum absolute atomic E-state index is 0.0248. The number of thiazole rings is 2. The number of hydrogen-bond donors (Lipinski definition) is 1. The lowest BCUT2D eigenvalue weighted by molar-refractivity contribution is 0.0779. The molecule has 3 aromatic heterocycles. The molecule has 2 amide bonds. The fourth-order valence-corrected chi connectivity index (χ4v) is 7.00. The predicted octanol–water partition coefficient (Wildman–Crippen LogP) is 3.32. The Hall–Kier alpha value is -2.26. The van der Waals surface area contributed by atoms with Crippen molar-refractivity contribution >= 4 is 39.4 Å². The second-order valence-corrected chi connectivity index (χ2v) is 10.9. The van der Waals surface area contributed by atoms with Crippen LogP contribution in [-0.4, -0.2) is 50.2 Å². The zero-order valence-electron chi connectivity index (χ0n) is 16.7. The first-order valence-electron chi connectivity index (χ1n) is 10.5. The van der Waals surface area contributed by atoms with Crippen molar-refractivity contribution in [3.05, 3.63) is 39.0 Å². The van der Waals surface area contributed by atoms with Crippen molar-refractivity contribution in [1.82, 2.24) is 24.6 Å². The summed E-state index contributed by atoms with van der Waals surface area (Å²) in [7, 11) is 0. The molecule has 1 saturated heterocycles. The smallest absolute Gasteiger partial charge is 0.265 e. The van der Waals surface area contributed by atoms with Crippen LogP contribution in [0.3, 0.4) is 0 Å². The molecule has 156 valence electrons. The molecular weight excluding hydrogens is 418 g/mol. The van der Waals surface area contributed by atoms with Crippen molar-refractivity contribution in [2.24, 2.45) is 11.8 Å². The SMILES string of the molecule is Cc1nc(C2CC2)sc1C(=O)NC1CC2CN(C(=O)c3cn4ccnc4s3)CC2C1. The Kier molecular flexibility index (Phi) is 4.24. The first kappa shape index (κ1) is 18.5. The summed E-state index contributed by atoms with van der Waals surface area (Å²) in [6.45, 7) is 3.50. The summed E-state index contributed by atoms with van der Waals surface area (Å²) in [6.07, 6.45) is 9.78. The number of aromatic nitrogens is 3. The molecule has 1 aliphatic heterocycles. The summed E-state index contributed by atoms with van der Waals surface area (Å²) in [4.78, 5) is 38.9. The summed E-state index contributed by atoms with van der Waals surface area (Å²) in [5.74, 6) is 1.64. The highest BCUT2D eigenvalue weighted by molar-refractivity contribution is 7.18. The fraction of sp³-hybridized carbons (Fsp3) is 0.524. The van der Waals surface area contributed by atoms with E-state index in [-0.39, 0.29) is 17.9 Å². The average molecular weight is 442 g/mol. The van der Waals surface area contributed by atoms with Gasteiger partial charge in [-0.25, -0.2) is 9.97 Å². The topological polar surface area (TPSA) is 79.6 Å². The third-order valence-corrected chi connectivity index (χ3v) is 8.94. The van der Waals surface area contributed by atoms with Crippen molar-refractivity contribution in [3.63, 3.8) is 0 Å². The third-order valence-electron chi connectivity index (χ3n) is 6.62. The van der Waals surface area contributed by atoms with Gasteiger partial charge < -0.3 is 10.2 Å². The molecule has 2 unspecified atom stereocenters. The monoisotopic (exact) mass is 441 g/mol. The summed E-state index contributed by atoms with van der Waals surface area (Å²) < 4.78 is 1.90. The van der Waals surface area contributed by atoms with Gasteiger partial charge in [0.15, 0.2) is 4.96 Å². The van der Waals surface area contributed by atoms with Crippen LogP contribution < -0.4 is 5.32 Å². The summed E-state index contributed by atoms with van der Waals surface area (Å²) in [5.41, 5.74) is 0.858. The number of nitrogens with one attached hydrogen (secondary N) is 1. The first-order valence-corrected chi connectivity index (χ1v) is 12.2. The van der Waals surface area contributed by atoms with Gasteiger partial charge in [0.1, 0.15) is 9.75 Å². The van der Waals surface area contributed by atoms with E-state index in [0.717, 1.165) is 51.3 Å². The number of amides is 2. The Labute approximate surface area is 182 Å². The maximum absolute atomic E-state index is 12.9. The van der Waals surface area contributed by atoms with Gasteiger partial charge in [0.05, 0.1) is 10.7 Å². The van der Waals surface area contributed by atoms with Gasteiger partial charge in [0.2, 0.25) is 0 Å². The van der Waals surface area contributed by atoms with Crippen LogP contribution in [0.15, 0.2) is 18.6 Å². The molecule has 2 saturated carbocycles. The molecule has 30 heavy (non-hydrogen) atoms. The van der Waals surface area contributed by atoms with E-state index in [4.69, 9.17) is 0 Å². The molecule has 3 fully saturated rings.